The first-order valence-corrected chi connectivity index (χ1v) is 5.38. The number of aryl methyl sites for hydroxylation is 2. The Hall–Kier alpha value is -1.16. The van der Waals surface area contributed by atoms with Crippen LogP contribution in [0.1, 0.15) is 24.7 Å². The average molecular weight is 206 g/mol. The van der Waals surface area contributed by atoms with Gasteiger partial charge in [-0.3, -0.25) is 4.98 Å². The Morgan fingerprint density at radius 2 is 2.20 bits per heavy atom. The van der Waals surface area contributed by atoms with Crippen LogP contribution in [0.15, 0.2) is 6.20 Å². The van der Waals surface area contributed by atoms with Crippen LogP contribution in [-0.2, 0) is 0 Å². The van der Waals surface area contributed by atoms with Gasteiger partial charge in [0.05, 0.1) is 17.6 Å². The summed E-state index contributed by atoms with van der Waals surface area (Å²) in [6, 6.07) is 0. The highest BCUT2D eigenvalue weighted by Gasteiger charge is 2.28. The standard InChI is InChI=1S/C11H18N4/c1-8-9(2)14-10(6-13-8)15-11(3)4-5-12-7-11/h6,12H,4-5,7H2,1-3H3,(H,14,15). The molecule has 1 aromatic heterocycles. The van der Waals surface area contributed by atoms with E-state index >= 15 is 0 Å². The van der Waals surface area contributed by atoms with Crippen molar-refractivity contribution in [3.63, 3.8) is 0 Å². The fourth-order valence-corrected chi connectivity index (χ4v) is 1.83. The van der Waals surface area contributed by atoms with Crippen molar-refractivity contribution in [1.29, 1.82) is 0 Å². The Kier molecular flexibility index (Phi) is 2.61. The zero-order valence-corrected chi connectivity index (χ0v) is 9.59. The molecule has 0 aliphatic carbocycles. The van der Waals surface area contributed by atoms with Gasteiger partial charge in [0.15, 0.2) is 0 Å². The van der Waals surface area contributed by atoms with E-state index in [1.54, 1.807) is 0 Å². The lowest BCUT2D eigenvalue weighted by Crippen LogP contribution is -2.37. The van der Waals surface area contributed by atoms with E-state index in [1.807, 2.05) is 20.0 Å². The van der Waals surface area contributed by atoms with Crippen molar-refractivity contribution in [2.45, 2.75) is 32.7 Å². The molecule has 2 rings (SSSR count). The molecule has 1 unspecified atom stereocenters. The van der Waals surface area contributed by atoms with Crippen LogP contribution in [0.3, 0.4) is 0 Å². The summed E-state index contributed by atoms with van der Waals surface area (Å²) >= 11 is 0. The maximum atomic E-state index is 4.48. The minimum absolute atomic E-state index is 0.121. The van der Waals surface area contributed by atoms with Crippen molar-refractivity contribution in [3.05, 3.63) is 17.6 Å². The number of hydrogen-bond donors (Lipinski definition) is 2. The molecule has 0 bridgehead atoms. The second-order valence-electron chi connectivity index (χ2n) is 4.54. The number of anilines is 1. The van der Waals surface area contributed by atoms with Gasteiger partial charge < -0.3 is 10.6 Å². The summed E-state index contributed by atoms with van der Waals surface area (Å²) in [6.07, 6.45) is 2.94. The van der Waals surface area contributed by atoms with Crippen molar-refractivity contribution in [2.75, 3.05) is 18.4 Å². The maximum absolute atomic E-state index is 4.48. The van der Waals surface area contributed by atoms with Gasteiger partial charge in [-0.15, -0.1) is 0 Å². The molecule has 1 aliphatic rings. The van der Waals surface area contributed by atoms with E-state index in [9.17, 15) is 0 Å². The molecule has 0 radical (unpaired) electrons. The number of hydrogen-bond acceptors (Lipinski definition) is 4. The number of nitrogens with one attached hydrogen (secondary N) is 2. The summed E-state index contributed by atoms with van der Waals surface area (Å²) in [6.45, 7) is 8.24. The summed E-state index contributed by atoms with van der Waals surface area (Å²) in [5, 5.41) is 6.80. The maximum Gasteiger partial charge on any atom is 0.145 e. The molecule has 2 N–H and O–H groups in total. The molecule has 0 amide bonds. The molecule has 82 valence electrons. The Morgan fingerprint density at radius 3 is 2.80 bits per heavy atom. The van der Waals surface area contributed by atoms with Gasteiger partial charge in [-0.2, -0.15) is 0 Å². The Bertz CT molecular complexity index is 356. The van der Waals surface area contributed by atoms with Gasteiger partial charge in [-0.05, 0) is 33.7 Å². The zero-order valence-electron chi connectivity index (χ0n) is 9.59. The molecular weight excluding hydrogens is 188 g/mol. The van der Waals surface area contributed by atoms with Gasteiger partial charge in [-0.25, -0.2) is 4.98 Å². The number of nitrogens with zero attached hydrogens (tertiary/aromatic N) is 2. The zero-order chi connectivity index (χ0) is 10.9. The predicted molar refractivity (Wildman–Crippen MR) is 61.0 cm³/mol. The predicted octanol–water partition coefficient (Wildman–Crippen LogP) is 1.26. The van der Waals surface area contributed by atoms with Gasteiger partial charge in [-0.1, -0.05) is 0 Å². The fraction of sp³-hybridized carbons (Fsp3) is 0.636. The van der Waals surface area contributed by atoms with Gasteiger partial charge in [0, 0.05) is 12.1 Å². The van der Waals surface area contributed by atoms with Crippen LogP contribution in [0.5, 0.6) is 0 Å². The Balaban J connectivity index is 2.13. The largest absolute Gasteiger partial charge is 0.362 e. The molecule has 15 heavy (non-hydrogen) atoms. The molecule has 0 aromatic carbocycles. The first-order chi connectivity index (χ1) is 7.09. The van der Waals surface area contributed by atoms with Crippen molar-refractivity contribution >= 4 is 5.82 Å². The summed E-state index contributed by atoms with van der Waals surface area (Å²) in [5.74, 6) is 0.879. The van der Waals surface area contributed by atoms with Gasteiger partial charge in [0.1, 0.15) is 5.82 Å². The van der Waals surface area contributed by atoms with Crippen molar-refractivity contribution in [2.24, 2.45) is 0 Å². The summed E-state index contributed by atoms with van der Waals surface area (Å²) in [4.78, 5) is 8.79. The molecule has 1 saturated heterocycles. The molecule has 1 aliphatic heterocycles. The highest BCUT2D eigenvalue weighted by molar-refractivity contribution is 5.37. The highest BCUT2D eigenvalue weighted by atomic mass is 15.1. The van der Waals surface area contributed by atoms with Crippen LogP contribution in [0.25, 0.3) is 0 Å². The Labute approximate surface area is 90.5 Å². The van der Waals surface area contributed by atoms with E-state index in [4.69, 9.17) is 0 Å². The van der Waals surface area contributed by atoms with Gasteiger partial charge in [0.25, 0.3) is 0 Å². The molecule has 1 atom stereocenters. The van der Waals surface area contributed by atoms with Crippen molar-refractivity contribution in [1.82, 2.24) is 15.3 Å². The molecule has 0 spiro atoms. The minimum atomic E-state index is 0.121. The lowest BCUT2D eigenvalue weighted by atomic mass is 10.0. The quantitative estimate of drug-likeness (QED) is 0.765. The number of aromatic nitrogens is 2. The lowest BCUT2D eigenvalue weighted by Gasteiger charge is -2.25. The molecule has 4 nitrogen and oxygen atoms in total. The summed E-state index contributed by atoms with van der Waals surface area (Å²) in [7, 11) is 0. The van der Waals surface area contributed by atoms with Crippen LogP contribution in [0, 0.1) is 13.8 Å². The van der Waals surface area contributed by atoms with Crippen molar-refractivity contribution in [3.8, 4) is 0 Å². The van der Waals surface area contributed by atoms with Gasteiger partial charge in [0.2, 0.25) is 0 Å². The summed E-state index contributed by atoms with van der Waals surface area (Å²) in [5.41, 5.74) is 2.11. The highest BCUT2D eigenvalue weighted by Crippen LogP contribution is 2.19. The third kappa shape index (κ3) is 2.26. The third-order valence-electron chi connectivity index (χ3n) is 2.99. The first kappa shape index (κ1) is 10.4. The topological polar surface area (TPSA) is 49.8 Å². The van der Waals surface area contributed by atoms with E-state index in [0.717, 1.165) is 36.7 Å². The van der Waals surface area contributed by atoms with E-state index in [0.29, 0.717) is 0 Å². The molecule has 1 aromatic rings. The summed E-state index contributed by atoms with van der Waals surface area (Å²) < 4.78 is 0. The average Bonchev–Trinajstić information content (AvgIpc) is 2.59. The van der Waals surface area contributed by atoms with E-state index in [-0.39, 0.29) is 5.54 Å². The van der Waals surface area contributed by atoms with Crippen molar-refractivity contribution < 1.29 is 0 Å². The molecular formula is C11H18N4. The smallest absolute Gasteiger partial charge is 0.145 e. The lowest BCUT2D eigenvalue weighted by molar-refractivity contribution is 0.563. The van der Waals surface area contributed by atoms with Crippen LogP contribution in [-0.4, -0.2) is 28.6 Å². The number of rotatable bonds is 2. The van der Waals surface area contributed by atoms with E-state index < -0.39 is 0 Å². The second-order valence-corrected chi connectivity index (χ2v) is 4.54. The minimum Gasteiger partial charge on any atom is -0.362 e. The molecule has 1 fully saturated rings. The van der Waals surface area contributed by atoms with Crippen LogP contribution in [0.4, 0.5) is 5.82 Å². The molecule has 2 heterocycles. The third-order valence-corrected chi connectivity index (χ3v) is 2.99. The van der Waals surface area contributed by atoms with Crippen LogP contribution >= 0.6 is 0 Å². The normalized spacial score (nSPS) is 25.5. The second kappa shape index (κ2) is 3.77. The van der Waals surface area contributed by atoms with Crippen LogP contribution < -0.4 is 10.6 Å². The van der Waals surface area contributed by atoms with Gasteiger partial charge >= 0.3 is 0 Å². The fourth-order valence-electron chi connectivity index (χ4n) is 1.83. The molecule has 0 saturated carbocycles. The molecule has 4 heteroatoms. The van der Waals surface area contributed by atoms with Crippen LogP contribution in [0.2, 0.25) is 0 Å². The van der Waals surface area contributed by atoms with E-state index in [1.165, 1.54) is 0 Å². The SMILES string of the molecule is Cc1ncc(NC2(C)CCNC2)nc1C. The van der Waals surface area contributed by atoms with E-state index in [2.05, 4.69) is 27.5 Å². The Morgan fingerprint density at radius 1 is 1.40 bits per heavy atom. The monoisotopic (exact) mass is 206 g/mol. The first-order valence-electron chi connectivity index (χ1n) is 5.38.